The Labute approximate surface area is 111 Å². The van der Waals surface area contributed by atoms with Gasteiger partial charge in [-0.25, -0.2) is 0 Å². The van der Waals surface area contributed by atoms with Crippen LogP contribution in [0.5, 0.6) is 5.75 Å². The topological polar surface area (TPSA) is 88.3 Å². The first kappa shape index (κ1) is 13.4. The van der Waals surface area contributed by atoms with Crippen molar-refractivity contribution in [1.29, 1.82) is 0 Å². The monoisotopic (exact) mass is 262 g/mol. The number of benzene rings is 1. The minimum Gasteiger partial charge on any atom is -0.495 e. The molecular formula is C14H18N2O3. The molecule has 2 rings (SSSR count). The van der Waals surface area contributed by atoms with Crippen LogP contribution in [0.1, 0.15) is 24.1 Å². The number of methoxy groups -OCH3 is 1. The molecule has 0 spiro atoms. The van der Waals surface area contributed by atoms with Crippen molar-refractivity contribution in [1.82, 2.24) is 4.98 Å². The van der Waals surface area contributed by atoms with Gasteiger partial charge in [0.15, 0.2) is 0 Å². The minimum atomic E-state index is -0.996. The number of nitrogens with two attached hydrogens (primary N) is 1. The molecule has 5 nitrogen and oxygen atoms in total. The molecule has 0 amide bonds. The molecule has 0 saturated heterocycles. The number of hydrogen-bond donors (Lipinski definition) is 3. The summed E-state index contributed by atoms with van der Waals surface area (Å²) in [5.41, 5.74) is 8.47. The average Bonchev–Trinajstić information content (AvgIpc) is 2.72. The smallest absolute Gasteiger partial charge is 0.321 e. The predicted octanol–water partition coefficient (Wildman–Crippen LogP) is 2.00. The third-order valence-electron chi connectivity index (χ3n) is 3.53. The maximum atomic E-state index is 11.0. The molecule has 0 fully saturated rings. The molecule has 1 aromatic carbocycles. The lowest BCUT2D eigenvalue weighted by atomic mass is 9.91. The number of ether oxygens (including phenoxy) is 1. The molecule has 0 aliphatic carbocycles. The van der Waals surface area contributed by atoms with Crippen LogP contribution in [-0.4, -0.2) is 29.2 Å². The van der Waals surface area contributed by atoms with E-state index in [1.54, 1.807) is 7.11 Å². The van der Waals surface area contributed by atoms with E-state index in [1.807, 2.05) is 32.0 Å². The van der Waals surface area contributed by atoms with Gasteiger partial charge < -0.3 is 20.6 Å². The maximum Gasteiger partial charge on any atom is 0.321 e. The van der Waals surface area contributed by atoms with Crippen LogP contribution in [0.2, 0.25) is 0 Å². The number of aryl methyl sites for hydroxylation is 1. The molecule has 0 aliphatic heterocycles. The average molecular weight is 262 g/mol. The maximum absolute atomic E-state index is 11.0. The standard InChI is InChI=1S/C14H18N2O3/c1-7(12(15)14(17)18)11-8(2)16-13-9(11)5-4-6-10(13)19-3/h4-7,12,16H,15H2,1-3H3,(H,17,18)/t7-,12-/m0/s1. The summed E-state index contributed by atoms with van der Waals surface area (Å²) in [7, 11) is 1.61. The zero-order chi connectivity index (χ0) is 14.2. The zero-order valence-electron chi connectivity index (χ0n) is 11.2. The van der Waals surface area contributed by atoms with Gasteiger partial charge in [0.05, 0.1) is 12.6 Å². The van der Waals surface area contributed by atoms with Crippen LogP contribution in [0.3, 0.4) is 0 Å². The van der Waals surface area contributed by atoms with Gasteiger partial charge in [0.1, 0.15) is 11.8 Å². The molecule has 0 saturated carbocycles. The van der Waals surface area contributed by atoms with E-state index >= 15 is 0 Å². The number of nitrogens with one attached hydrogen (secondary N) is 1. The van der Waals surface area contributed by atoms with E-state index in [-0.39, 0.29) is 5.92 Å². The van der Waals surface area contributed by atoms with Crippen LogP contribution in [0, 0.1) is 6.92 Å². The molecule has 1 aromatic heterocycles. The van der Waals surface area contributed by atoms with Crippen molar-refractivity contribution in [3.05, 3.63) is 29.5 Å². The highest BCUT2D eigenvalue weighted by Crippen LogP contribution is 2.34. The van der Waals surface area contributed by atoms with E-state index in [4.69, 9.17) is 15.6 Å². The molecule has 2 atom stereocenters. The number of aliphatic carboxylic acids is 1. The largest absolute Gasteiger partial charge is 0.495 e. The van der Waals surface area contributed by atoms with Gasteiger partial charge in [-0.05, 0) is 18.6 Å². The fraction of sp³-hybridized carbons (Fsp3) is 0.357. The van der Waals surface area contributed by atoms with Crippen LogP contribution < -0.4 is 10.5 Å². The van der Waals surface area contributed by atoms with Gasteiger partial charge in [-0.15, -0.1) is 0 Å². The fourth-order valence-corrected chi connectivity index (χ4v) is 2.49. The van der Waals surface area contributed by atoms with E-state index < -0.39 is 12.0 Å². The lowest BCUT2D eigenvalue weighted by Gasteiger charge is -2.16. The first-order valence-corrected chi connectivity index (χ1v) is 6.11. The molecular weight excluding hydrogens is 244 g/mol. The lowest BCUT2D eigenvalue weighted by molar-refractivity contribution is -0.138. The molecule has 19 heavy (non-hydrogen) atoms. The van der Waals surface area contributed by atoms with Crippen LogP contribution in [0.25, 0.3) is 10.9 Å². The second kappa shape index (κ2) is 4.93. The summed E-state index contributed by atoms with van der Waals surface area (Å²) in [4.78, 5) is 14.3. The van der Waals surface area contributed by atoms with Crippen molar-refractivity contribution in [2.24, 2.45) is 5.73 Å². The highest BCUT2D eigenvalue weighted by atomic mass is 16.5. The Morgan fingerprint density at radius 2 is 2.16 bits per heavy atom. The second-order valence-corrected chi connectivity index (χ2v) is 4.70. The minimum absolute atomic E-state index is 0.279. The van der Waals surface area contributed by atoms with Crippen molar-refractivity contribution in [3.63, 3.8) is 0 Å². The molecule has 0 aliphatic rings. The molecule has 5 heteroatoms. The predicted molar refractivity (Wildman–Crippen MR) is 73.6 cm³/mol. The number of carboxylic acids is 1. The van der Waals surface area contributed by atoms with Crippen molar-refractivity contribution in [3.8, 4) is 5.75 Å². The van der Waals surface area contributed by atoms with Crippen molar-refractivity contribution in [2.75, 3.05) is 7.11 Å². The van der Waals surface area contributed by atoms with E-state index in [1.165, 1.54) is 0 Å². The van der Waals surface area contributed by atoms with Gasteiger partial charge >= 0.3 is 5.97 Å². The molecule has 0 bridgehead atoms. The number of H-pyrrole nitrogens is 1. The molecule has 4 N–H and O–H groups in total. The quantitative estimate of drug-likeness (QED) is 0.786. The SMILES string of the molecule is COc1cccc2c([C@H](C)[C@H](N)C(=O)O)c(C)[nH]c12. The number of para-hydroxylation sites is 1. The molecule has 2 aromatic rings. The Hall–Kier alpha value is -2.01. The molecule has 102 valence electrons. The highest BCUT2D eigenvalue weighted by molar-refractivity contribution is 5.91. The van der Waals surface area contributed by atoms with Crippen molar-refractivity contribution in [2.45, 2.75) is 25.8 Å². The van der Waals surface area contributed by atoms with Gasteiger partial charge in [-0.1, -0.05) is 19.1 Å². The lowest BCUT2D eigenvalue weighted by Crippen LogP contribution is -2.35. The summed E-state index contributed by atoms with van der Waals surface area (Å²) < 4.78 is 5.30. The van der Waals surface area contributed by atoms with E-state index in [0.29, 0.717) is 0 Å². The number of hydrogen-bond acceptors (Lipinski definition) is 3. The van der Waals surface area contributed by atoms with Crippen LogP contribution in [0.4, 0.5) is 0 Å². The normalized spacial score (nSPS) is 14.3. The first-order chi connectivity index (χ1) is 8.97. The summed E-state index contributed by atoms with van der Waals surface area (Å²) in [5.74, 6) is -0.537. The summed E-state index contributed by atoms with van der Waals surface area (Å²) in [6, 6.07) is 4.77. The number of rotatable bonds is 4. The van der Waals surface area contributed by atoms with Crippen molar-refractivity contribution < 1.29 is 14.6 Å². The highest BCUT2D eigenvalue weighted by Gasteiger charge is 2.26. The first-order valence-electron chi connectivity index (χ1n) is 6.11. The van der Waals surface area contributed by atoms with E-state index in [0.717, 1.165) is 27.9 Å². The van der Waals surface area contributed by atoms with E-state index in [9.17, 15) is 4.79 Å². The molecule has 1 heterocycles. The fourth-order valence-electron chi connectivity index (χ4n) is 2.49. The Bertz CT molecular complexity index is 618. The number of fused-ring (bicyclic) bond motifs is 1. The Morgan fingerprint density at radius 1 is 1.47 bits per heavy atom. The van der Waals surface area contributed by atoms with Gasteiger partial charge in [0.25, 0.3) is 0 Å². The van der Waals surface area contributed by atoms with Gasteiger partial charge in [0.2, 0.25) is 0 Å². The number of carboxylic acid groups (broad SMARTS) is 1. The Kier molecular flexibility index (Phi) is 3.48. The number of aromatic nitrogens is 1. The molecule has 0 unspecified atom stereocenters. The van der Waals surface area contributed by atoms with Gasteiger partial charge in [0, 0.05) is 17.0 Å². The van der Waals surface area contributed by atoms with Crippen LogP contribution in [0.15, 0.2) is 18.2 Å². The summed E-state index contributed by atoms with van der Waals surface area (Å²) in [6.45, 7) is 3.74. The third-order valence-corrected chi connectivity index (χ3v) is 3.53. The number of carbonyl (C=O) groups is 1. The van der Waals surface area contributed by atoms with Gasteiger partial charge in [-0.2, -0.15) is 0 Å². The zero-order valence-corrected chi connectivity index (χ0v) is 11.2. The summed E-state index contributed by atoms with van der Waals surface area (Å²) in [6.07, 6.45) is 0. The van der Waals surface area contributed by atoms with Crippen LogP contribution in [-0.2, 0) is 4.79 Å². The summed E-state index contributed by atoms with van der Waals surface area (Å²) >= 11 is 0. The second-order valence-electron chi connectivity index (χ2n) is 4.70. The van der Waals surface area contributed by atoms with Crippen LogP contribution >= 0.6 is 0 Å². The molecule has 0 radical (unpaired) electrons. The third kappa shape index (κ3) is 2.17. The number of aromatic amines is 1. The summed E-state index contributed by atoms with van der Waals surface area (Å²) in [5, 5.41) is 10.0. The van der Waals surface area contributed by atoms with Gasteiger partial charge in [-0.3, -0.25) is 4.79 Å². The van der Waals surface area contributed by atoms with Crippen molar-refractivity contribution >= 4 is 16.9 Å². The van der Waals surface area contributed by atoms with E-state index in [2.05, 4.69) is 4.98 Å². The Balaban J connectivity index is 2.61. The Morgan fingerprint density at radius 3 is 2.74 bits per heavy atom.